The first-order valence-corrected chi connectivity index (χ1v) is 49.1. The van der Waals surface area contributed by atoms with Gasteiger partial charge in [0.2, 0.25) is 0 Å². The lowest BCUT2D eigenvalue weighted by molar-refractivity contribution is 0.672. The fraction of sp³-hybridized carbons (Fsp3) is 0. The van der Waals surface area contributed by atoms with Crippen LogP contribution >= 0.6 is 11.3 Å². The van der Waals surface area contributed by atoms with Crippen molar-refractivity contribution in [3.8, 4) is 90.6 Å². The smallest absolute Gasteiger partial charge is 0.160 e. The molecule has 0 aliphatic rings. The monoisotopic (exact) mass is 1850 g/mol. The van der Waals surface area contributed by atoms with E-state index in [0.717, 1.165) is 226 Å². The van der Waals surface area contributed by atoms with Crippen LogP contribution < -0.4 is 0 Å². The number of nitrogens with zero attached hydrogens (tertiary/aromatic N) is 8. The summed E-state index contributed by atoms with van der Waals surface area (Å²) in [6.45, 7) is 0. The number of para-hydroxylation sites is 4. The topological polar surface area (TPSA) is 143 Å². The van der Waals surface area contributed by atoms with Gasteiger partial charge in [0.15, 0.2) is 23.3 Å². The molecule has 23 aromatic carbocycles. The summed E-state index contributed by atoms with van der Waals surface area (Å²) in [6.07, 6.45) is 0. The van der Waals surface area contributed by atoms with E-state index >= 15 is 0 Å². The minimum atomic E-state index is 0.705. The van der Waals surface area contributed by atoms with Crippen molar-refractivity contribution in [3.05, 3.63) is 473 Å². The van der Waals surface area contributed by atoms with Gasteiger partial charge in [-0.2, -0.15) is 0 Å². The Hall–Kier alpha value is -19.1. The molecule has 0 amide bonds. The number of furan rings is 3. The minimum Gasteiger partial charge on any atom is -0.455 e. The van der Waals surface area contributed by atoms with Gasteiger partial charge in [-0.15, -0.1) is 11.3 Å². The molecule has 0 aliphatic carbocycles. The van der Waals surface area contributed by atoms with Gasteiger partial charge in [0.1, 0.15) is 33.5 Å². The van der Waals surface area contributed by atoms with Gasteiger partial charge in [0.05, 0.1) is 44.8 Å². The van der Waals surface area contributed by atoms with Crippen LogP contribution in [0.4, 0.5) is 0 Å². The Kier molecular flexibility index (Phi) is 19.9. The third-order valence-corrected chi connectivity index (χ3v) is 29.3. The number of rotatable bonds is 8. The van der Waals surface area contributed by atoms with E-state index in [4.69, 9.17) is 53.1 Å². The van der Waals surface area contributed by atoms with Crippen molar-refractivity contribution in [3.63, 3.8) is 0 Å². The second kappa shape index (κ2) is 34.5. The van der Waals surface area contributed by atoms with Crippen LogP contribution in [-0.2, 0) is 0 Å². The molecule has 0 radical (unpaired) electrons. The number of aromatic nitrogens is 8. The van der Waals surface area contributed by atoms with Gasteiger partial charge in [-0.1, -0.05) is 382 Å². The molecule has 0 aliphatic heterocycles. The van der Waals surface area contributed by atoms with Crippen LogP contribution in [0.15, 0.2) is 486 Å². The van der Waals surface area contributed by atoms with E-state index in [2.05, 4.69) is 376 Å². The molecule has 0 N–H and O–H groups in total. The van der Waals surface area contributed by atoms with Gasteiger partial charge in [0.25, 0.3) is 0 Å². The highest BCUT2D eigenvalue weighted by atomic mass is 32.1. The lowest BCUT2D eigenvalue weighted by Crippen LogP contribution is -1.96. The molecule has 31 rings (SSSR count). The van der Waals surface area contributed by atoms with Crippen LogP contribution in [0.5, 0.6) is 0 Å². The van der Waals surface area contributed by atoms with Gasteiger partial charge < -0.3 is 13.3 Å². The second-order valence-electron chi connectivity index (χ2n) is 36.5. The molecule has 0 fully saturated rings. The van der Waals surface area contributed by atoms with Crippen molar-refractivity contribution < 1.29 is 13.3 Å². The lowest BCUT2D eigenvalue weighted by atomic mass is 9.99. The van der Waals surface area contributed by atoms with Crippen molar-refractivity contribution in [1.82, 2.24) is 39.9 Å². The first kappa shape index (κ1) is 83.1. The van der Waals surface area contributed by atoms with E-state index in [1.54, 1.807) is 0 Å². The summed E-state index contributed by atoms with van der Waals surface area (Å²) in [5.74, 6) is 2.87. The maximum Gasteiger partial charge on any atom is 0.160 e. The number of hydrogen-bond donors (Lipinski definition) is 0. The summed E-state index contributed by atoms with van der Waals surface area (Å²) in [5.41, 5.74) is 21.2. The van der Waals surface area contributed by atoms with Gasteiger partial charge in [-0.3, -0.25) is 0 Å². The lowest BCUT2D eigenvalue weighted by Gasteiger charge is -2.12. The van der Waals surface area contributed by atoms with Crippen LogP contribution in [-0.4, -0.2) is 39.9 Å². The Morgan fingerprint density at radius 1 is 0.160 bits per heavy atom. The zero-order chi connectivity index (χ0) is 94.8. The molecule has 144 heavy (non-hydrogen) atoms. The highest BCUT2D eigenvalue weighted by Gasteiger charge is 2.24. The SMILES string of the molecule is c1ccc(-c2nc(-c3ccc4ccc5c6ccccc6oc5c4c3)nc3c2ccc2ccccc23)cc1.c1ccc(-c2nc(-c3ccc4ccc5c6ccccc6oc5c4c3)nc3ccc4ccccc4c23)cc1.c1ccc(-c2nc(-c3ccc4ccc5c6ccccc6oc5c4c3)nc3ccccc23)cc1.c1ccc(-c2nc(-c3ccc4ccc5c6ccccc6sc5c4c3)nc3ccc4ccccc4c23)cc1. The Morgan fingerprint density at radius 2 is 0.451 bits per heavy atom. The van der Waals surface area contributed by atoms with Crippen molar-refractivity contribution in [2.24, 2.45) is 0 Å². The average molecular weight is 1860 g/mol. The predicted molar refractivity (Wildman–Crippen MR) is 599 cm³/mol. The van der Waals surface area contributed by atoms with E-state index in [1.807, 2.05) is 108 Å². The Bertz CT molecular complexity index is 10300. The number of hydrogen-bond acceptors (Lipinski definition) is 12. The number of thiophene rings is 1. The predicted octanol–water partition coefficient (Wildman–Crippen LogP) is 36.0. The Balaban J connectivity index is 0.0000000935. The van der Waals surface area contributed by atoms with Crippen molar-refractivity contribution in [2.75, 3.05) is 0 Å². The van der Waals surface area contributed by atoms with E-state index in [0.29, 0.717) is 17.5 Å². The van der Waals surface area contributed by atoms with Crippen LogP contribution in [0.1, 0.15) is 0 Å². The van der Waals surface area contributed by atoms with Crippen LogP contribution in [0.2, 0.25) is 0 Å². The van der Waals surface area contributed by atoms with E-state index < -0.39 is 0 Å². The fourth-order valence-corrected chi connectivity index (χ4v) is 22.3. The second-order valence-corrected chi connectivity index (χ2v) is 37.6. The molecule has 0 saturated heterocycles. The largest absolute Gasteiger partial charge is 0.455 e. The van der Waals surface area contributed by atoms with E-state index in [-0.39, 0.29) is 0 Å². The number of benzene rings is 23. The Labute approximate surface area is 827 Å². The molecule has 0 atom stereocenters. The van der Waals surface area contributed by atoms with Crippen LogP contribution in [0.25, 0.3) is 296 Å². The third kappa shape index (κ3) is 14.4. The molecule has 8 aromatic heterocycles. The van der Waals surface area contributed by atoms with Crippen LogP contribution in [0, 0.1) is 0 Å². The highest BCUT2D eigenvalue weighted by molar-refractivity contribution is 7.26. The zero-order valence-corrected chi connectivity index (χ0v) is 78.1. The highest BCUT2D eigenvalue weighted by Crippen LogP contribution is 2.46. The minimum absolute atomic E-state index is 0.705. The zero-order valence-electron chi connectivity index (χ0n) is 77.2. The summed E-state index contributed by atoms with van der Waals surface area (Å²) in [7, 11) is 0. The summed E-state index contributed by atoms with van der Waals surface area (Å²) >= 11 is 1.86. The van der Waals surface area contributed by atoms with Gasteiger partial charge in [-0.05, 0) is 139 Å². The molecule has 12 heteroatoms. The molecule has 31 aromatic rings. The molecule has 0 saturated carbocycles. The Morgan fingerprint density at radius 3 is 0.896 bits per heavy atom. The third-order valence-electron chi connectivity index (χ3n) is 28.0. The molecule has 8 heterocycles. The average Bonchev–Trinajstić information content (AvgIpc) is 1.34. The van der Waals surface area contributed by atoms with Gasteiger partial charge in [0, 0.05) is 145 Å². The molecule has 11 nitrogen and oxygen atoms in total. The molecule has 0 unspecified atom stereocenters. The standard InChI is InChI=1S/2C34H20N2O.C34H20N2S.C30H18N2O/c1-2-9-23(10-3-1)32-31-25-11-5-4-8-21(25)17-19-29(31)35-34(36-32)24-15-14-22-16-18-27-26-12-6-7-13-30(26)37-33(27)28(22)20-24;1-2-9-23(10-3-1)31-28-19-17-21-8-4-5-11-25(21)32(28)36-34(35-31)24-15-14-22-16-18-27-26-12-6-7-13-30(26)37-33(27)29(22)20-24;1-2-9-23(10-3-1)32-31-25-11-5-4-8-21(25)17-19-29(31)35-34(36-32)24-15-14-22-16-18-27-26-12-6-7-13-30(26)37-33(27)28(22)20-24;1-2-8-20(9-3-1)28-24-11-4-6-12-26(24)31-30(32-28)21-15-14-19-16-17-23-22-10-5-7-13-27(22)33-29(23)25(19)18-21/h3*1-20H;1-18H. The molecular weight excluding hydrogens is 1780 g/mol. The van der Waals surface area contributed by atoms with E-state index in [1.165, 1.54) is 52.5 Å². The summed E-state index contributed by atoms with van der Waals surface area (Å²) in [5, 5.41) is 29.7. The van der Waals surface area contributed by atoms with Gasteiger partial charge >= 0.3 is 0 Å². The number of fused-ring (bicyclic) bond motifs is 30. The molecule has 670 valence electrons. The fourth-order valence-electron chi connectivity index (χ4n) is 21.1. The molecular formula is C132H78N8O3S. The summed E-state index contributed by atoms with van der Waals surface area (Å²) in [6, 6.07) is 164. The van der Waals surface area contributed by atoms with E-state index in [9.17, 15) is 0 Å². The van der Waals surface area contributed by atoms with Crippen molar-refractivity contribution >= 4 is 216 Å². The summed E-state index contributed by atoms with van der Waals surface area (Å²) in [4.78, 5) is 40.8. The first-order chi connectivity index (χ1) is 71.3. The molecule has 0 bridgehead atoms. The quantitative estimate of drug-likeness (QED) is 0.134. The summed E-state index contributed by atoms with van der Waals surface area (Å²) < 4.78 is 21.6. The maximum absolute atomic E-state index is 6.34. The first-order valence-electron chi connectivity index (χ1n) is 48.3. The molecule has 0 spiro atoms. The van der Waals surface area contributed by atoms with Crippen LogP contribution in [0.3, 0.4) is 0 Å². The van der Waals surface area contributed by atoms with Crippen molar-refractivity contribution in [2.45, 2.75) is 0 Å². The maximum atomic E-state index is 6.34. The normalized spacial score (nSPS) is 11.8. The van der Waals surface area contributed by atoms with Gasteiger partial charge in [-0.25, -0.2) is 39.9 Å². The van der Waals surface area contributed by atoms with Crippen molar-refractivity contribution in [1.29, 1.82) is 0 Å².